The Morgan fingerprint density at radius 1 is 1.50 bits per heavy atom. The molecule has 1 rings (SSSR count). The number of benzene rings is 1. The van der Waals surface area contributed by atoms with E-state index in [1.807, 2.05) is 6.92 Å². The summed E-state index contributed by atoms with van der Waals surface area (Å²) in [4.78, 5) is 0. The van der Waals surface area contributed by atoms with Crippen LogP contribution in [0.1, 0.15) is 19.8 Å². The van der Waals surface area contributed by atoms with Crippen molar-refractivity contribution in [3.63, 3.8) is 0 Å². The van der Waals surface area contributed by atoms with Crippen molar-refractivity contribution in [1.82, 2.24) is 0 Å². The number of hydrogen-bond donors (Lipinski definition) is 1. The van der Waals surface area contributed by atoms with Gasteiger partial charge in [-0.3, -0.25) is 0 Å². The van der Waals surface area contributed by atoms with Gasteiger partial charge in [0.05, 0.1) is 6.61 Å². The van der Waals surface area contributed by atoms with Crippen molar-refractivity contribution < 1.29 is 9.13 Å². The van der Waals surface area contributed by atoms with Crippen LogP contribution in [0.3, 0.4) is 0 Å². The van der Waals surface area contributed by atoms with Crippen LogP contribution in [0.4, 0.5) is 4.39 Å². The SMILES string of the molecule is C[C@@H](N)CCCOc1cccc(F)c1. The van der Waals surface area contributed by atoms with Crippen molar-refractivity contribution in [3.8, 4) is 5.75 Å². The fraction of sp³-hybridized carbons (Fsp3) is 0.455. The van der Waals surface area contributed by atoms with Crippen molar-refractivity contribution >= 4 is 0 Å². The van der Waals surface area contributed by atoms with Crippen LogP contribution in [-0.2, 0) is 0 Å². The first-order chi connectivity index (χ1) is 6.68. The Bertz CT molecular complexity index is 276. The maximum Gasteiger partial charge on any atom is 0.126 e. The highest BCUT2D eigenvalue weighted by Crippen LogP contribution is 2.12. The fourth-order valence-electron chi connectivity index (χ4n) is 1.15. The topological polar surface area (TPSA) is 35.2 Å². The van der Waals surface area contributed by atoms with Crippen LogP contribution in [0.15, 0.2) is 24.3 Å². The largest absolute Gasteiger partial charge is 0.493 e. The molecule has 14 heavy (non-hydrogen) atoms. The quantitative estimate of drug-likeness (QED) is 0.735. The van der Waals surface area contributed by atoms with Crippen molar-refractivity contribution in [2.75, 3.05) is 6.61 Å². The van der Waals surface area contributed by atoms with E-state index in [0.29, 0.717) is 12.4 Å². The first-order valence-corrected chi connectivity index (χ1v) is 4.82. The predicted molar refractivity (Wildman–Crippen MR) is 54.8 cm³/mol. The lowest BCUT2D eigenvalue weighted by Crippen LogP contribution is -2.15. The van der Waals surface area contributed by atoms with Crippen LogP contribution in [0, 0.1) is 5.82 Å². The highest BCUT2D eigenvalue weighted by atomic mass is 19.1. The zero-order chi connectivity index (χ0) is 10.4. The van der Waals surface area contributed by atoms with Crippen molar-refractivity contribution in [3.05, 3.63) is 30.1 Å². The van der Waals surface area contributed by atoms with Gasteiger partial charge in [0.25, 0.3) is 0 Å². The maximum atomic E-state index is 12.7. The van der Waals surface area contributed by atoms with E-state index in [4.69, 9.17) is 10.5 Å². The maximum absolute atomic E-state index is 12.7. The third-order valence-corrected chi connectivity index (χ3v) is 1.87. The van der Waals surface area contributed by atoms with Gasteiger partial charge in [0.1, 0.15) is 11.6 Å². The second kappa shape index (κ2) is 5.60. The standard InChI is InChI=1S/C11H16FNO/c1-9(13)4-3-7-14-11-6-2-5-10(12)8-11/h2,5-6,8-9H,3-4,7,13H2,1H3/t9-/m1/s1. The first kappa shape index (κ1) is 11.0. The van der Waals surface area contributed by atoms with Crippen molar-refractivity contribution in [1.29, 1.82) is 0 Å². The van der Waals surface area contributed by atoms with Gasteiger partial charge in [-0.25, -0.2) is 4.39 Å². The van der Waals surface area contributed by atoms with Crippen LogP contribution in [0.2, 0.25) is 0 Å². The van der Waals surface area contributed by atoms with Crippen molar-refractivity contribution in [2.24, 2.45) is 5.73 Å². The van der Waals surface area contributed by atoms with E-state index >= 15 is 0 Å². The second-order valence-electron chi connectivity index (χ2n) is 3.43. The average Bonchev–Trinajstić information content (AvgIpc) is 2.12. The molecule has 0 amide bonds. The molecule has 1 aromatic rings. The fourth-order valence-corrected chi connectivity index (χ4v) is 1.15. The summed E-state index contributed by atoms with van der Waals surface area (Å²) in [6, 6.07) is 6.36. The molecule has 0 fully saturated rings. The number of ether oxygens (including phenoxy) is 1. The average molecular weight is 197 g/mol. The van der Waals surface area contributed by atoms with E-state index in [9.17, 15) is 4.39 Å². The summed E-state index contributed by atoms with van der Waals surface area (Å²) >= 11 is 0. The van der Waals surface area contributed by atoms with Gasteiger partial charge in [0.15, 0.2) is 0 Å². The Kier molecular flexibility index (Phi) is 4.40. The molecule has 78 valence electrons. The van der Waals surface area contributed by atoms with Crippen LogP contribution >= 0.6 is 0 Å². The highest BCUT2D eigenvalue weighted by Gasteiger charge is 1.97. The Morgan fingerprint density at radius 3 is 2.93 bits per heavy atom. The minimum absolute atomic E-state index is 0.200. The lowest BCUT2D eigenvalue weighted by Gasteiger charge is -2.07. The summed E-state index contributed by atoms with van der Waals surface area (Å²) in [5.41, 5.74) is 5.58. The highest BCUT2D eigenvalue weighted by molar-refractivity contribution is 5.22. The summed E-state index contributed by atoms with van der Waals surface area (Å²) < 4.78 is 18.0. The molecule has 0 radical (unpaired) electrons. The minimum Gasteiger partial charge on any atom is -0.493 e. The first-order valence-electron chi connectivity index (χ1n) is 4.82. The molecule has 0 saturated carbocycles. The van der Waals surface area contributed by atoms with E-state index in [-0.39, 0.29) is 11.9 Å². The van der Waals surface area contributed by atoms with Gasteiger partial charge in [-0.2, -0.15) is 0 Å². The molecule has 2 N–H and O–H groups in total. The molecule has 0 aliphatic rings. The molecular weight excluding hydrogens is 181 g/mol. The monoisotopic (exact) mass is 197 g/mol. The van der Waals surface area contributed by atoms with Gasteiger partial charge >= 0.3 is 0 Å². The summed E-state index contributed by atoms with van der Waals surface area (Å²) in [6.45, 7) is 2.55. The molecule has 0 heterocycles. The van der Waals surface area contributed by atoms with Crippen LogP contribution in [0.25, 0.3) is 0 Å². The third-order valence-electron chi connectivity index (χ3n) is 1.87. The van der Waals surface area contributed by atoms with Gasteiger partial charge in [0.2, 0.25) is 0 Å². The van der Waals surface area contributed by atoms with E-state index in [2.05, 4.69) is 0 Å². The minimum atomic E-state index is -0.269. The molecule has 0 saturated heterocycles. The third kappa shape index (κ3) is 4.23. The van der Waals surface area contributed by atoms with E-state index < -0.39 is 0 Å². The lowest BCUT2D eigenvalue weighted by molar-refractivity contribution is 0.301. The Balaban J connectivity index is 2.25. The molecule has 0 unspecified atom stereocenters. The molecule has 3 heteroatoms. The van der Waals surface area contributed by atoms with Crippen LogP contribution < -0.4 is 10.5 Å². The molecule has 0 bridgehead atoms. The molecule has 0 aliphatic carbocycles. The molecule has 1 aromatic carbocycles. The zero-order valence-corrected chi connectivity index (χ0v) is 8.37. The molecule has 0 spiro atoms. The molecule has 0 aromatic heterocycles. The number of hydrogen-bond acceptors (Lipinski definition) is 2. The Morgan fingerprint density at radius 2 is 2.29 bits per heavy atom. The number of halogens is 1. The summed E-state index contributed by atoms with van der Waals surface area (Å²) in [6.07, 6.45) is 1.82. The predicted octanol–water partition coefficient (Wildman–Crippen LogP) is 2.33. The normalized spacial score (nSPS) is 12.5. The molecular formula is C11H16FNO. The molecule has 1 atom stereocenters. The van der Waals surface area contributed by atoms with Crippen LogP contribution in [-0.4, -0.2) is 12.6 Å². The lowest BCUT2D eigenvalue weighted by atomic mass is 10.2. The van der Waals surface area contributed by atoms with E-state index in [0.717, 1.165) is 12.8 Å². The molecule has 2 nitrogen and oxygen atoms in total. The zero-order valence-electron chi connectivity index (χ0n) is 8.37. The summed E-state index contributed by atoms with van der Waals surface area (Å²) in [7, 11) is 0. The Hall–Kier alpha value is -1.09. The second-order valence-corrected chi connectivity index (χ2v) is 3.43. The number of rotatable bonds is 5. The van der Waals surface area contributed by atoms with Gasteiger partial charge in [0, 0.05) is 12.1 Å². The van der Waals surface area contributed by atoms with Gasteiger partial charge in [-0.15, -0.1) is 0 Å². The van der Waals surface area contributed by atoms with Gasteiger partial charge in [-0.1, -0.05) is 6.07 Å². The van der Waals surface area contributed by atoms with Gasteiger partial charge < -0.3 is 10.5 Å². The van der Waals surface area contributed by atoms with E-state index in [1.54, 1.807) is 12.1 Å². The summed E-state index contributed by atoms with van der Waals surface area (Å²) in [5.74, 6) is 0.310. The smallest absolute Gasteiger partial charge is 0.126 e. The summed E-state index contributed by atoms with van der Waals surface area (Å²) in [5, 5.41) is 0. The Labute approximate surface area is 83.9 Å². The number of nitrogens with two attached hydrogens (primary N) is 1. The van der Waals surface area contributed by atoms with Crippen molar-refractivity contribution in [2.45, 2.75) is 25.8 Å². The van der Waals surface area contributed by atoms with Crippen LogP contribution in [0.5, 0.6) is 5.75 Å². The molecule has 0 aliphatic heterocycles. The van der Waals surface area contributed by atoms with E-state index in [1.165, 1.54) is 12.1 Å². The van der Waals surface area contributed by atoms with Gasteiger partial charge in [-0.05, 0) is 31.9 Å².